The van der Waals surface area contributed by atoms with Crippen LogP contribution in [-0.2, 0) is 11.3 Å². The highest BCUT2D eigenvalue weighted by Crippen LogP contribution is 2.22. The zero-order chi connectivity index (χ0) is 15.2. The Kier molecular flexibility index (Phi) is 5.26. The summed E-state index contributed by atoms with van der Waals surface area (Å²) in [5.74, 6) is -0.142. The van der Waals surface area contributed by atoms with Crippen LogP contribution in [0.4, 0.5) is 5.82 Å². The second-order valence-corrected chi connectivity index (χ2v) is 5.23. The largest absolute Gasteiger partial charge is 0.396 e. The standard InChI is InChI=1S/C13H20N4O4/c18-8-2-4-11-3-1-6-16(11)13(19)5-7-15-9-12(14-10-15)17(20)21/h9-11,18H,1-8H2. The zero-order valence-corrected chi connectivity index (χ0v) is 11.8. The predicted molar refractivity (Wildman–Crippen MR) is 74.6 cm³/mol. The van der Waals surface area contributed by atoms with Crippen LogP contribution in [0, 0.1) is 10.1 Å². The number of aliphatic hydroxyl groups is 1. The second kappa shape index (κ2) is 7.16. The lowest BCUT2D eigenvalue weighted by Gasteiger charge is -2.24. The minimum absolute atomic E-state index is 0.0618. The number of aryl methyl sites for hydroxylation is 1. The summed E-state index contributed by atoms with van der Waals surface area (Å²) in [5.41, 5.74) is 0. The van der Waals surface area contributed by atoms with Crippen molar-refractivity contribution in [2.75, 3.05) is 13.2 Å². The number of likely N-dealkylation sites (tertiary alicyclic amines) is 1. The van der Waals surface area contributed by atoms with Gasteiger partial charge in [-0.2, -0.15) is 0 Å². The summed E-state index contributed by atoms with van der Waals surface area (Å²) in [6, 6.07) is 0.224. The molecule has 1 fully saturated rings. The van der Waals surface area contributed by atoms with Crippen LogP contribution < -0.4 is 0 Å². The van der Waals surface area contributed by atoms with Crippen LogP contribution in [0.2, 0.25) is 0 Å². The summed E-state index contributed by atoms with van der Waals surface area (Å²) < 4.78 is 1.56. The Bertz CT molecular complexity index is 502. The number of aliphatic hydroxyl groups excluding tert-OH is 1. The van der Waals surface area contributed by atoms with Gasteiger partial charge in [0.2, 0.25) is 12.2 Å². The molecule has 1 unspecified atom stereocenters. The minimum Gasteiger partial charge on any atom is -0.396 e. The van der Waals surface area contributed by atoms with Gasteiger partial charge in [0, 0.05) is 32.2 Å². The fourth-order valence-electron chi connectivity index (χ4n) is 2.72. The molecular formula is C13H20N4O4. The Balaban J connectivity index is 1.84. The summed E-state index contributed by atoms with van der Waals surface area (Å²) in [7, 11) is 0. The molecule has 1 N–H and O–H groups in total. The number of imidazole rings is 1. The lowest BCUT2D eigenvalue weighted by atomic mass is 10.1. The number of nitro groups is 1. The molecule has 8 nitrogen and oxygen atoms in total. The Morgan fingerprint density at radius 3 is 3.05 bits per heavy atom. The number of hydrogen-bond acceptors (Lipinski definition) is 5. The van der Waals surface area contributed by atoms with Gasteiger partial charge in [0.25, 0.3) is 0 Å². The number of hydrogen-bond donors (Lipinski definition) is 1. The van der Waals surface area contributed by atoms with Crippen molar-refractivity contribution < 1.29 is 14.8 Å². The van der Waals surface area contributed by atoms with Crippen LogP contribution in [0.3, 0.4) is 0 Å². The average Bonchev–Trinajstić information content (AvgIpc) is 3.11. The number of nitrogens with zero attached hydrogens (tertiary/aromatic N) is 4. The highest BCUT2D eigenvalue weighted by Gasteiger charge is 2.27. The third kappa shape index (κ3) is 4.01. The molecule has 0 aliphatic carbocycles. The Morgan fingerprint density at radius 1 is 1.57 bits per heavy atom. The van der Waals surface area contributed by atoms with Crippen molar-refractivity contribution in [2.24, 2.45) is 0 Å². The summed E-state index contributed by atoms with van der Waals surface area (Å²) in [6.45, 7) is 1.30. The molecular weight excluding hydrogens is 276 g/mol. The Hall–Kier alpha value is -1.96. The highest BCUT2D eigenvalue weighted by atomic mass is 16.6. The first kappa shape index (κ1) is 15.4. The molecule has 116 valence electrons. The van der Waals surface area contributed by atoms with E-state index in [0.29, 0.717) is 19.4 Å². The van der Waals surface area contributed by atoms with Crippen LogP contribution >= 0.6 is 0 Å². The SMILES string of the molecule is O=C(CCn1cnc([N+](=O)[O-])c1)N1CCCC1CCCO. The molecule has 0 bridgehead atoms. The van der Waals surface area contributed by atoms with Crippen LogP contribution in [-0.4, -0.2) is 49.6 Å². The van der Waals surface area contributed by atoms with Gasteiger partial charge in [0.05, 0.1) is 0 Å². The maximum atomic E-state index is 12.2. The second-order valence-electron chi connectivity index (χ2n) is 5.23. The molecule has 0 aromatic carbocycles. The van der Waals surface area contributed by atoms with Gasteiger partial charge >= 0.3 is 5.82 Å². The number of aromatic nitrogens is 2. The Labute approximate surface area is 122 Å². The smallest absolute Gasteiger partial charge is 0.381 e. The molecule has 0 saturated carbocycles. The molecule has 2 rings (SSSR count). The molecule has 1 aromatic rings. The van der Waals surface area contributed by atoms with Gasteiger partial charge < -0.3 is 24.7 Å². The predicted octanol–water partition coefficient (Wildman–Crippen LogP) is 0.945. The van der Waals surface area contributed by atoms with Gasteiger partial charge in [0.1, 0.15) is 6.20 Å². The average molecular weight is 296 g/mol. The topological polar surface area (TPSA) is 102 Å². The molecule has 8 heteroatoms. The maximum Gasteiger partial charge on any atom is 0.381 e. The number of amides is 1. The monoisotopic (exact) mass is 296 g/mol. The van der Waals surface area contributed by atoms with E-state index in [4.69, 9.17) is 5.11 Å². The number of carbonyl (C=O) groups excluding carboxylic acids is 1. The fourth-order valence-corrected chi connectivity index (χ4v) is 2.72. The van der Waals surface area contributed by atoms with E-state index in [0.717, 1.165) is 25.8 Å². The van der Waals surface area contributed by atoms with Crippen LogP contribution in [0.1, 0.15) is 32.1 Å². The third-order valence-electron chi connectivity index (χ3n) is 3.78. The van der Waals surface area contributed by atoms with E-state index in [9.17, 15) is 14.9 Å². The normalized spacial score (nSPS) is 18.1. The molecule has 1 aromatic heterocycles. The number of carbonyl (C=O) groups is 1. The molecule has 0 spiro atoms. The molecule has 1 atom stereocenters. The molecule has 0 radical (unpaired) electrons. The van der Waals surface area contributed by atoms with E-state index in [1.807, 2.05) is 4.90 Å². The van der Waals surface area contributed by atoms with Crippen LogP contribution in [0.5, 0.6) is 0 Å². The molecule has 2 heterocycles. The lowest BCUT2D eigenvalue weighted by molar-refractivity contribution is -0.389. The van der Waals surface area contributed by atoms with Crippen molar-refractivity contribution >= 4 is 11.7 Å². The van der Waals surface area contributed by atoms with Crippen LogP contribution in [0.15, 0.2) is 12.5 Å². The van der Waals surface area contributed by atoms with E-state index >= 15 is 0 Å². The number of rotatable bonds is 7. The highest BCUT2D eigenvalue weighted by molar-refractivity contribution is 5.76. The molecule has 1 amide bonds. The fraction of sp³-hybridized carbons (Fsp3) is 0.692. The van der Waals surface area contributed by atoms with Crippen LogP contribution in [0.25, 0.3) is 0 Å². The quantitative estimate of drug-likeness (QED) is 0.596. The lowest BCUT2D eigenvalue weighted by Crippen LogP contribution is -2.36. The first-order valence-electron chi connectivity index (χ1n) is 7.18. The van der Waals surface area contributed by atoms with Crippen molar-refractivity contribution in [3.63, 3.8) is 0 Å². The van der Waals surface area contributed by atoms with Crippen molar-refractivity contribution in [1.82, 2.24) is 14.5 Å². The summed E-state index contributed by atoms with van der Waals surface area (Å²) in [5, 5.41) is 19.4. The summed E-state index contributed by atoms with van der Waals surface area (Å²) >= 11 is 0. The van der Waals surface area contributed by atoms with Gasteiger partial charge in [-0.25, -0.2) is 0 Å². The molecule has 21 heavy (non-hydrogen) atoms. The zero-order valence-electron chi connectivity index (χ0n) is 11.8. The third-order valence-corrected chi connectivity index (χ3v) is 3.78. The maximum absolute atomic E-state index is 12.2. The summed E-state index contributed by atoms with van der Waals surface area (Å²) in [6.07, 6.45) is 6.55. The van der Waals surface area contributed by atoms with E-state index in [1.54, 1.807) is 4.57 Å². The van der Waals surface area contributed by atoms with Gasteiger partial charge in [-0.3, -0.25) is 4.79 Å². The first-order valence-corrected chi connectivity index (χ1v) is 7.18. The summed E-state index contributed by atoms with van der Waals surface area (Å²) in [4.78, 5) is 27.7. The van der Waals surface area contributed by atoms with Gasteiger partial charge in [-0.15, -0.1) is 0 Å². The van der Waals surface area contributed by atoms with E-state index in [2.05, 4.69) is 4.98 Å². The van der Waals surface area contributed by atoms with Crippen molar-refractivity contribution in [3.05, 3.63) is 22.6 Å². The first-order chi connectivity index (χ1) is 10.1. The Morgan fingerprint density at radius 2 is 2.38 bits per heavy atom. The van der Waals surface area contributed by atoms with E-state index in [1.165, 1.54) is 12.5 Å². The molecule has 1 aliphatic heterocycles. The van der Waals surface area contributed by atoms with Crippen molar-refractivity contribution in [3.8, 4) is 0 Å². The van der Waals surface area contributed by atoms with Gasteiger partial charge in [-0.1, -0.05) is 0 Å². The minimum atomic E-state index is -0.552. The molecule has 1 saturated heterocycles. The van der Waals surface area contributed by atoms with E-state index in [-0.39, 0.29) is 24.4 Å². The van der Waals surface area contributed by atoms with Gasteiger partial charge in [0.15, 0.2) is 0 Å². The van der Waals surface area contributed by atoms with E-state index < -0.39 is 4.92 Å². The molecule has 1 aliphatic rings. The van der Waals surface area contributed by atoms with Crippen molar-refractivity contribution in [2.45, 2.75) is 44.7 Å². The van der Waals surface area contributed by atoms with Crippen molar-refractivity contribution in [1.29, 1.82) is 0 Å². The van der Waals surface area contributed by atoms with Gasteiger partial charge in [-0.05, 0) is 35.6 Å².